The first-order chi connectivity index (χ1) is 15.2. The molecule has 0 aromatic heterocycles. The standard InChI is InChI=1S/C24H27ClN2O4S/c1-4-22(27(32(3,29)30)19-13-12-17(2)21(25)16-19)24(28)26-14-15-31-23-11-7-9-18-8-5-6-10-20(18)23/h5-13,16,22H,4,14-15H2,1-3H3,(H,26,28)/t22-/m0/s1. The summed E-state index contributed by atoms with van der Waals surface area (Å²) in [5, 5.41) is 5.30. The molecule has 0 spiro atoms. The van der Waals surface area contributed by atoms with E-state index in [1.807, 2.05) is 49.4 Å². The van der Waals surface area contributed by atoms with Gasteiger partial charge in [-0.15, -0.1) is 0 Å². The third kappa shape index (κ3) is 5.53. The van der Waals surface area contributed by atoms with Gasteiger partial charge in [0.15, 0.2) is 0 Å². The lowest BCUT2D eigenvalue weighted by molar-refractivity contribution is -0.122. The van der Waals surface area contributed by atoms with Gasteiger partial charge in [-0.05, 0) is 42.5 Å². The van der Waals surface area contributed by atoms with Crippen LogP contribution in [0.15, 0.2) is 60.7 Å². The zero-order valence-corrected chi connectivity index (χ0v) is 19.9. The number of ether oxygens (including phenoxy) is 1. The zero-order valence-electron chi connectivity index (χ0n) is 18.3. The normalized spacial score (nSPS) is 12.4. The average Bonchev–Trinajstić information content (AvgIpc) is 2.76. The van der Waals surface area contributed by atoms with E-state index in [1.54, 1.807) is 25.1 Å². The number of rotatable bonds is 9. The van der Waals surface area contributed by atoms with Crippen LogP contribution in [0, 0.1) is 6.92 Å². The first-order valence-corrected chi connectivity index (χ1v) is 12.6. The van der Waals surface area contributed by atoms with E-state index < -0.39 is 22.0 Å². The van der Waals surface area contributed by atoms with Gasteiger partial charge in [0.05, 0.1) is 18.5 Å². The molecule has 8 heteroatoms. The van der Waals surface area contributed by atoms with Crippen LogP contribution in [0.3, 0.4) is 0 Å². The van der Waals surface area contributed by atoms with E-state index in [-0.39, 0.29) is 13.2 Å². The number of nitrogens with zero attached hydrogens (tertiary/aromatic N) is 1. The zero-order chi connectivity index (χ0) is 23.3. The van der Waals surface area contributed by atoms with Gasteiger partial charge < -0.3 is 10.1 Å². The third-order valence-corrected chi connectivity index (χ3v) is 6.74. The van der Waals surface area contributed by atoms with E-state index in [2.05, 4.69) is 5.32 Å². The molecule has 32 heavy (non-hydrogen) atoms. The van der Waals surface area contributed by atoms with Gasteiger partial charge in [-0.2, -0.15) is 0 Å². The Morgan fingerprint density at radius 2 is 1.84 bits per heavy atom. The predicted molar refractivity (Wildman–Crippen MR) is 130 cm³/mol. The molecular formula is C24H27ClN2O4S. The molecular weight excluding hydrogens is 448 g/mol. The highest BCUT2D eigenvalue weighted by Crippen LogP contribution is 2.28. The molecule has 0 saturated carbocycles. The lowest BCUT2D eigenvalue weighted by Gasteiger charge is -2.30. The Morgan fingerprint density at radius 3 is 2.53 bits per heavy atom. The second kappa shape index (κ2) is 10.2. The Bertz CT molecular complexity index is 1210. The summed E-state index contributed by atoms with van der Waals surface area (Å²) in [4.78, 5) is 12.9. The second-order valence-corrected chi connectivity index (χ2v) is 9.80. The number of carbonyl (C=O) groups excluding carboxylic acids is 1. The second-order valence-electron chi connectivity index (χ2n) is 7.53. The minimum Gasteiger partial charge on any atom is -0.491 e. The Hall–Kier alpha value is -2.77. The van der Waals surface area contributed by atoms with Crippen molar-refractivity contribution in [1.82, 2.24) is 5.32 Å². The van der Waals surface area contributed by atoms with Crippen molar-refractivity contribution in [3.8, 4) is 5.75 Å². The number of carbonyl (C=O) groups is 1. The van der Waals surface area contributed by atoms with Gasteiger partial charge in [-0.25, -0.2) is 8.42 Å². The molecule has 0 fully saturated rings. The molecule has 3 aromatic rings. The highest BCUT2D eigenvalue weighted by atomic mass is 35.5. The fourth-order valence-corrected chi connectivity index (χ4v) is 4.93. The molecule has 0 heterocycles. The minimum atomic E-state index is -3.72. The maximum atomic E-state index is 12.9. The number of amides is 1. The Balaban J connectivity index is 1.69. The molecule has 3 aromatic carbocycles. The van der Waals surface area contributed by atoms with Crippen molar-refractivity contribution in [3.05, 3.63) is 71.2 Å². The Labute approximate surface area is 194 Å². The fraction of sp³-hybridized carbons (Fsp3) is 0.292. The molecule has 6 nitrogen and oxygen atoms in total. The van der Waals surface area contributed by atoms with Gasteiger partial charge in [0.1, 0.15) is 18.4 Å². The predicted octanol–water partition coefficient (Wildman–Crippen LogP) is 4.54. The number of nitrogens with one attached hydrogen (secondary N) is 1. The van der Waals surface area contributed by atoms with Gasteiger partial charge in [-0.3, -0.25) is 9.10 Å². The number of fused-ring (bicyclic) bond motifs is 1. The number of hydrogen-bond donors (Lipinski definition) is 1. The highest BCUT2D eigenvalue weighted by molar-refractivity contribution is 7.92. The molecule has 1 N–H and O–H groups in total. The SMILES string of the molecule is CC[C@@H](C(=O)NCCOc1cccc2ccccc12)N(c1ccc(C)c(Cl)c1)S(C)(=O)=O. The summed E-state index contributed by atoms with van der Waals surface area (Å²) in [6.07, 6.45) is 1.38. The summed E-state index contributed by atoms with van der Waals surface area (Å²) in [6, 6.07) is 17.8. The van der Waals surface area contributed by atoms with Gasteiger partial charge in [0.2, 0.25) is 15.9 Å². The van der Waals surface area contributed by atoms with Crippen LogP contribution in [0.2, 0.25) is 5.02 Å². The topological polar surface area (TPSA) is 75.7 Å². The van der Waals surface area contributed by atoms with E-state index in [0.717, 1.165) is 32.6 Å². The smallest absolute Gasteiger partial charge is 0.244 e. The minimum absolute atomic E-state index is 0.241. The van der Waals surface area contributed by atoms with Crippen LogP contribution < -0.4 is 14.4 Å². The maximum absolute atomic E-state index is 12.9. The largest absolute Gasteiger partial charge is 0.491 e. The lowest BCUT2D eigenvalue weighted by atomic mass is 10.1. The number of sulfonamides is 1. The van der Waals surface area contributed by atoms with Crippen LogP contribution >= 0.6 is 11.6 Å². The van der Waals surface area contributed by atoms with Crippen molar-refractivity contribution in [3.63, 3.8) is 0 Å². The molecule has 1 atom stereocenters. The Kier molecular flexibility index (Phi) is 7.64. The molecule has 0 aliphatic rings. The molecule has 0 aliphatic heterocycles. The lowest BCUT2D eigenvalue weighted by Crippen LogP contribution is -2.50. The van der Waals surface area contributed by atoms with E-state index >= 15 is 0 Å². The molecule has 0 bridgehead atoms. The number of benzene rings is 3. The number of halogens is 1. The molecule has 1 amide bonds. The van der Waals surface area contributed by atoms with Crippen molar-refractivity contribution < 1.29 is 17.9 Å². The first kappa shape index (κ1) is 23.9. The first-order valence-electron chi connectivity index (χ1n) is 10.4. The van der Waals surface area contributed by atoms with Crippen molar-refractivity contribution in [2.24, 2.45) is 0 Å². The van der Waals surface area contributed by atoms with E-state index in [9.17, 15) is 13.2 Å². The maximum Gasteiger partial charge on any atom is 0.244 e. The number of anilines is 1. The fourth-order valence-electron chi connectivity index (χ4n) is 3.55. The number of aryl methyl sites for hydroxylation is 1. The highest BCUT2D eigenvalue weighted by Gasteiger charge is 2.31. The van der Waals surface area contributed by atoms with Gasteiger partial charge >= 0.3 is 0 Å². The summed E-state index contributed by atoms with van der Waals surface area (Å²) in [5.74, 6) is 0.340. The molecule has 0 saturated heterocycles. The van der Waals surface area contributed by atoms with Crippen LogP contribution in [0.1, 0.15) is 18.9 Å². The van der Waals surface area contributed by atoms with Crippen molar-refractivity contribution >= 4 is 44.0 Å². The van der Waals surface area contributed by atoms with Gasteiger partial charge in [0, 0.05) is 10.4 Å². The summed E-state index contributed by atoms with van der Waals surface area (Å²) < 4.78 is 32.1. The van der Waals surface area contributed by atoms with Crippen LogP contribution in [-0.2, 0) is 14.8 Å². The van der Waals surface area contributed by atoms with E-state index in [0.29, 0.717) is 17.1 Å². The van der Waals surface area contributed by atoms with Crippen LogP contribution in [-0.4, -0.2) is 39.8 Å². The van der Waals surface area contributed by atoms with Gasteiger partial charge in [0.25, 0.3) is 0 Å². The van der Waals surface area contributed by atoms with Crippen LogP contribution in [0.5, 0.6) is 5.75 Å². The summed E-state index contributed by atoms with van der Waals surface area (Å²) >= 11 is 6.20. The summed E-state index contributed by atoms with van der Waals surface area (Å²) in [7, 11) is -3.72. The van der Waals surface area contributed by atoms with E-state index in [1.165, 1.54) is 0 Å². The van der Waals surface area contributed by atoms with Crippen molar-refractivity contribution in [1.29, 1.82) is 0 Å². The van der Waals surface area contributed by atoms with Crippen molar-refractivity contribution in [2.45, 2.75) is 26.3 Å². The van der Waals surface area contributed by atoms with Crippen LogP contribution in [0.25, 0.3) is 10.8 Å². The van der Waals surface area contributed by atoms with E-state index in [4.69, 9.17) is 16.3 Å². The average molecular weight is 475 g/mol. The third-order valence-electron chi connectivity index (χ3n) is 5.15. The summed E-state index contributed by atoms with van der Waals surface area (Å²) in [6.45, 7) is 4.10. The van der Waals surface area contributed by atoms with Crippen molar-refractivity contribution in [2.75, 3.05) is 23.7 Å². The number of hydrogen-bond acceptors (Lipinski definition) is 4. The molecule has 0 unspecified atom stereocenters. The summed E-state index contributed by atoms with van der Waals surface area (Å²) in [5.41, 5.74) is 1.18. The monoisotopic (exact) mass is 474 g/mol. The molecule has 0 aliphatic carbocycles. The Morgan fingerprint density at radius 1 is 1.12 bits per heavy atom. The molecule has 3 rings (SSSR count). The van der Waals surface area contributed by atoms with Crippen LogP contribution in [0.4, 0.5) is 5.69 Å². The quantitative estimate of drug-likeness (QED) is 0.462. The molecule has 0 radical (unpaired) electrons. The molecule has 170 valence electrons. The van der Waals surface area contributed by atoms with Gasteiger partial charge in [-0.1, -0.05) is 61.0 Å².